The maximum Gasteiger partial charge on any atom is 0.254 e. The number of ether oxygens (including phenoxy) is 1. The van der Waals surface area contributed by atoms with Crippen molar-refractivity contribution in [3.8, 4) is 0 Å². The van der Waals surface area contributed by atoms with Gasteiger partial charge in [0.05, 0.1) is 5.69 Å². The monoisotopic (exact) mass is 379 g/mol. The molecule has 1 aromatic heterocycles. The molecule has 26 heavy (non-hydrogen) atoms. The second-order valence-corrected chi connectivity index (χ2v) is 7.00. The van der Waals surface area contributed by atoms with Crippen LogP contribution in [0.2, 0.25) is 0 Å². The SMILES string of the molecule is COCCCN(CC(=O)Nc1nc(C)c(C)s1)C(=O)c1cccc(F)c1. The first-order chi connectivity index (χ1) is 12.4. The lowest BCUT2D eigenvalue weighted by molar-refractivity contribution is -0.116. The Hall–Kier alpha value is -2.32. The zero-order valence-corrected chi connectivity index (χ0v) is 15.9. The quantitative estimate of drug-likeness (QED) is 0.716. The number of methoxy groups -OCH3 is 1. The number of halogens is 1. The molecule has 0 fully saturated rings. The first kappa shape index (κ1) is 20.0. The van der Waals surface area contributed by atoms with Gasteiger partial charge in [-0.3, -0.25) is 9.59 Å². The second-order valence-electron chi connectivity index (χ2n) is 5.79. The van der Waals surface area contributed by atoms with E-state index in [2.05, 4.69) is 10.3 Å². The molecule has 2 amide bonds. The number of nitrogens with one attached hydrogen (secondary N) is 1. The number of rotatable bonds is 8. The lowest BCUT2D eigenvalue weighted by Crippen LogP contribution is -2.39. The Balaban J connectivity index is 2.07. The number of thiazole rings is 1. The highest BCUT2D eigenvalue weighted by molar-refractivity contribution is 7.15. The van der Waals surface area contributed by atoms with Crippen LogP contribution >= 0.6 is 11.3 Å². The summed E-state index contributed by atoms with van der Waals surface area (Å²) in [6, 6.07) is 5.43. The molecule has 1 N–H and O–H groups in total. The zero-order chi connectivity index (χ0) is 19.1. The van der Waals surface area contributed by atoms with E-state index in [1.54, 1.807) is 7.11 Å². The van der Waals surface area contributed by atoms with Gasteiger partial charge in [-0.05, 0) is 38.5 Å². The van der Waals surface area contributed by atoms with E-state index in [0.717, 1.165) is 16.6 Å². The number of aromatic nitrogens is 1. The van der Waals surface area contributed by atoms with Gasteiger partial charge < -0.3 is 15.0 Å². The van der Waals surface area contributed by atoms with Gasteiger partial charge in [-0.25, -0.2) is 9.37 Å². The van der Waals surface area contributed by atoms with Crippen LogP contribution in [0, 0.1) is 19.7 Å². The Labute approximate surface area is 156 Å². The summed E-state index contributed by atoms with van der Waals surface area (Å²) >= 11 is 1.38. The molecule has 0 bridgehead atoms. The fraction of sp³-hybridized carbons (Fsp3) is 0.389. The second kappa shape index (κ2) is 9.40. The van der Waals surface area contributed by atoms with E-state index >= 15 is 0 Å². The standard InChI is InChI=1S/C18H22FN3O3S/c1-12-13(2)26-18(20-12)21-16(23)11-22(8-5-9-25-3)17(24)14-6-4-7-15(19)10-14/h4,6-7,10H,5,8-9,11H2,1-3H3,(H,20,21,23). The number of anilines is 1. The molecule has 0 saturated heterocycles. The van der Waals surface area contributed by atoms with Crippen LogP contribution < -0.4 is 5.32 Å². The van der Waals surface area contributed by atoms with Crippen LogP contribution in [0.4, 0.5) is 9.52 Å². The van der Waals surface area contributed by atoms with Gasteiger partial charge in [-0.2, -0.15) is 0 Å². The lowest BCUT2D eigenvalue weighted by Gasteiger charge is -2.22. The van der Waals surface area contributed by atoms with Crippen LogP contribution in [0.3, 0.4) is 0 Å². The third-order valence-corrected chi connectivity index (χ3v) is 4.73. The third-order valence-electron chi connectivity index (χ3n) is 3.74. The van der Waals surface area contributed by atoms with E-state index in [1.165, 1.54) is 34.4 Å². The minimum atomic E-state index is -0.495. The molecule has 0 saturated carbocycles. The number of amides is 2. The van der Waals surface area contributed by atoms with Gasteiger partial charge in [0.15, 0.2) is 5.13 Å². The van der Waals surface area contributed by atoms with E-state index in [-0.39, 0.29) is 18.0 Å². The maximum absolute atomic E-state index is 13.4. The summed E-state index contributed by atoms with van der Waals surface area (Å²) in [4.78, 5) is 31.7. The minimum absolute atomic E-state index is 0.142. The topological polar surface area (TPSA) is 71.5 Å². The van der Waals surface area contributed by atoms with E-state index in [4.69, 9.17) is 4.74 Å². The van der Waals surface area contributed by atoms with Crippen molar-refractivity contribution in [1.82, 2.24) is 9.88 Å². The van der Waals surface area contributed by atoms with Gasteiger partial charge in [0.1, 0.15) is 12.4 Å². The average Bonchev–Trinajstić information content (AvgIpc) is 2.90. The van der Waals surface area contributed by atoms with Crippen molar-refractivity contribution in [2.24, 2.45) is 0 Å². The fourth-order valence-electron chi connectivity index (χ4n) is 2.31. The summed E-state index contributed by atoms with van der Waals surface area (Å²) in [5.41, 5.74) is 1.06. The van der Waals surface area contributed by atoms with Crippen LogP contribution in [0.1, 0.15) is 27.3 Å². The lowest BCUT2D eigenvalue weighted by atomic mass is 10.2. The summed E-state index contributed by atoms with van der Waals surface area (Å²) in [5.74, 6) is -1.24. The number of carbonyl (C=O) groups excluding carboxylic acids is 2. The predicted molar refractivity (Wildman–Crippen MR) is 99.0 cm³/mol. The highest BCUT2D eigenvalue weighted by atomic mass is 32.1. The molecular formula is C18H22FN3O3S. The Morgan fingerprint density at radius 2 is 2.12 bits per heavy atom. The number of nitrogens with zero attached hydrogens (tertiary/aromatic N) is 2. The van der Waals surface area contributed by atoms with Crippen molar-refractivity contribution in [3.05, 3.63) is 46.2 Å². The summed E-state index contributed by atoms with van der Waals surface area (Å²) in [6.07, 6.45) is 0.570. The predicted octanol–water partition coefficient (Wildman–Crippen LogP) is 3.02. The molecule has 1 heterocycles. The molecular weight excluding hydrogens is 357 g/mol. The van der Waals surface area contributed by atoms with Gasteiger partial charge in [-0.15, -0.1) is 11.3 Å². The van der Waals surface area contributed by atoms with Gasteiger partial charge in [-0.1, -0.05) is 6.07 Å². The van der Waals surface area contributed by atoms with Gasteiger partial charge >= 0.3 is 0 Å². The number of benzene rings is 1. The van der Waals surface area contributed by atoms with Crippen molar-refractivity contribution in [2.45, 2.75) is 20.3 Å². The molecule has 1 aromatic carbocycles. The molecule has 8 heteroatoms. The normalized spacial score (nSPS) is 10.6. The largest absolute Gasteiger partial charge is 0.385 e. The first-order valence-corrected chi connectivity index (χ1v) is 9.00. The molecule has 140 valence electrons. The van der Waals surface area contributed by atoms with E-state index < -0.39 is 11.7 Å². The molecule has 0 aliphatic carbocycles. The molecule has 2 aromatic rings. The van der Waals surface area contributed by atoms with Crippen molar-refractivity contribution >= 4 is 28.3 Å². The van der Waals surface area contributed by atoms with Crippen LogP contribution in [-0.2, 0) is 9.53 Å². The highest BCUT2D eigenvalue weighted by Gasteiger charge is 2.20. The molecule has 0 atom stereocenters. The average molecular weight is 379 g/mol. The number of hydrogen-bond donors (Lipinski definition) is 1. The molecule has 0 unspecified atom stereocenters. The van der Waals surface area contributed by atoms with Crippen LogP contribution in [0.25, 0.3) is 0 Å². The van der Waals surface area contributed by atoms with E-state index in [9.17, 15) is 14.0 Å². The summed E-state index contributed by atoms with van der Waals surface area (Å²) in [7, 11) is 1.57. The molecule has 0 aliphatic rings. The van der Waals surface area contributed by atoms with E-state index in [1.807, 2.05) is 13.8 Å². The van der Waals surface area contributed by atoms with Crippen LogP contribution in [0.5, 0.6) is 0 Å². The maximum atomic E-state index is 13.4. The van der Waals surface area contributed by atoms with Crippen molar-refractivity contribution in [1.29, 1.82) is 0 Å². The van der Waals surface area contributed by atoms with Crippen molar-refractivity contribution < 1.29 is 18.7 Å². The fourth-order valence-corrected chi connectivity index (χ4v) is 3.15. The van der Waals surface area contributed by atoms with Crippen molar-refractivity contribution in [2.75, 3.05) is 32.1 Å². The van der Waals surface area contributed by atoms with Gasteiger partial charge in [0.25, 0.3) is 5.91 Å². The van der Waals surface area contributed by atoms with Crippen molar-refractivity contribution in [3.63, 3.8) is 0 Å². The molecule has 2 rings (SSSR count). The number of aryl methyl sites for hydroxylation is 2. The summed E-state index contributed by atoms with van der Waals surface area (Å²) in [5, 5.41) is 3.21. The Kier molecular flexibility index (Phi) is 7.23. The third kappa shape index (κ3) is 5.60. The summed E-state index contributed by atoms with van der Waals surface area (Å²) < 4.78 is 18.4. The Bertz CT molecular complexity index is 759. The van der Waals surface area contributed by atoms with Gasteiger partial charge in [0, 0.05) is 30.7 Å². The molecule has 0 radical (unpaired) electrons. The minimum Gasteiger partial charge on any atom is -0.385 e. The number of hydrogen-bond acceptors (Lipinski definition) is 5. The Morgan fingerprint density at radius 1 is 1.35 bits per heavy atom. The number of carbonyl (C=O) groups is 2. The van der Waals surface area contributed by atoms with Crippen LogP contribution in [-0.4, -0.2) is 48.5 Å². The zero-order valence-electron chi connectivity index (χ0n) is 15.0. The van der Waals surface area contributed by atoms with E-state index in [0.29, 0.717) is 24.7 Å². The molecule has 6 nitrogen and oxygen atoms in total. The molecule has 0 spiro atoms. The smallest absolute Gasteiger partial charge is 0.254 e. The Morgan fingerprint density at radius 3 is 2.73 bits per heavy atom. The van der Waals surface area contributed by atoms with Gasteiger partial charge in [0.2, 0.25) is 5.91 Å². The first-order valence-electron chi connectivity index (χ1n) is 8.18. The van der Waals surface area contributed by atoms with Crippen LogP contribution in [0.15, 0.2) is 24.3 Å². The molecule has 0 aliphatic heterocycles. The summed E-state index contributed by atoms with van der Waals surface area (Å²) in [6.45, 7) is 4.43. The highest BCUT2D eigenvalue weighted by Crippen LogP contribution is 2.21.